The van der Waals surface area contributed by atoms with Crippen molar-refractivity contribution in [3.8, 4) is 5.75 Å². The van der Waals surface area contributed by atoms with Crippen molar-refractivity contribution in [2.24, 2.45) is 0 Å². The van der Waals surface area contributed by atoms with E-state index in [0.717, 1.165) is 5.56 Å². The molecule has 0 saturated heterocycles. The summed E-state index contributed by atoms with van der Waals surface area (Å²) in [7, 11) is 0. The van der Waals surface area contributed by atoms with E-state index in [9.17, 15) is 14.0 Å². The molecule has 1 aliphatic heterocycles. The van der Waals surface area contributed by atoms with Crippen molar-refractivity contribution < 1.29 is 18.7 Å². The summed E-state index contributed by atoms with van der Waals surface area (Å²) in [6, 6.07) is 13.2. The Balaban J connectivity index is 1.52. The predicted molar refractivity (Wildman–Crippen MR) is 110 cm³/mol. The molecule has 154 valence electrons. The van der Waals surface area contributed by atoms with Gasteiger partial charge in [0.2, 0.25) is 0 Å². The largest absolute Gasteiger partial charge is 0.465 e. The molecule has 0 fully saturated rings. The van der Waals surface area contributed by atoms with Crippen LogP contribution in [-0.2, 0) is 16.1 Å². The monoisotopic (exact) mass is 408 g/mol. The minimum Gasteiger partial charge on any atom is -0.465 e. The molecule has 0 spiro atoms. The fourth-order valence-electron chi connectivity index (χ4n) is 3.40. The van der Waals surface area contributed by atoms with Gasteiger partial charge in [-0.05, 0) is 43.7 Å². The normalized spacial score (nSPS) is 18.0. The van der Waals surface area contributed by atoms with Crippen LogP contribution >= 0.6 is 0 Å². The molecule has 1 atom stereocenters. The first-order valence-electron chi connectivity index (χ1n) is 9.59. The number of amides is 2. The van der Waals surface area contributed by atoms with Crippen molar-refractivity contribution in [1.82, 2.24) is 9.78 Å². The third kappa shape index (κ3) is 3.52. The average molecular weight is 408 g/mol. The lowest BCUT2D eigenvalue weighted by atomic mass is 10.00. The first-order valence-corrected chi connectivity index (χ1v) is 9.59. The molecule has 30 heavy (non-hydrogen) atoms. The molecule has 0 saturated carbocycles. The van der Waals surface area contributed by atoms with Gasteiger partial charge in [0.15, 0.2) is 0 Å². The second kappa shape index (κ2) is 7.62. The van der Waals surface area contributed by atoms with Gasteiger partial charge in [0, 0.05) is 12.7 Å². The molecule has 1 unspecified atom stereocenters. The van der Waals surface area contributed by atoms with E-state index in [1.165, 1.54) is 30.2 Å². The second-order valence-corrected chi connectivity index (χ2v) is 7.16. The van der Waals surface area contributed by atoms with E-state index in [4.69, 9.17) is 4.74 Å². The number of carbonyl (C=O) groups is 2. The number of benzene rings is 2. The zero-order valence-electron chi connectivity index (χ0n) is 16.6. The van der Waals surface area contributed by atoms with E-state index in [1.807, 2.05) is 13.0 Å². The van der Waals surface area contributed by atoms with Crippen LogP contribution in [0.1, 0.15) is 19.4 Å². The Kier molecular flexibility index (Phi) is 4.99. The van der Waals surface area contributed by atoms with Gasteiger partial charge in [-0.2, -0.15) is 5.10 Å². The van der Waals surface area contributed by atoms with Crippen molar-refractivity contribution in [3.63, 3.8) is 0 Å². The van der Waals surface area contributed by atoms with Crippen LogP contribution in [0.25, 0.3) is 0 Å². The molecule has 1 aromatic heterocycles. The van der Waals surface area contributed by atoms with E-state index in [0.29, 0.717) is 30.2 Å². The number of aromatic nitrogens is 2. The molecule has 0 bridgehead atoms. The molecule has 0 radical (unpaired) electrons. The van der Waals surface area contributed by atoms with E-state index in [1.54, 1.807) is 41.2 Å². The van der Waals surface area contributed by atoms with E-state index in [2.05, 4.69) is 10.4 Å². The lowest BCUT2D eigenvalue weighted by Crippen LogP contribution is -2.60. The number of halogens is 1. The molecule has 7 nitrogen and oxygen atoms in total. The maximum Gasteiger partial charge on any atom is 0.280 e. The van der Waals surface area contributed by atoms with Crippen LogP contribution in [0.2, 0.25) is 0 Å². The van der Waals surface area contributed by atoms with Gasteiger partial charge in [0.05, 0.1) is 24.1 Å². The minimum absolute atomic E-state index is 0.305. The Hall–Kier alpha value is -3.68. The van der Waals surface area contributed by atoms with Gasteiger partial charge in [-0.3, -0.25) is 14.3 Å². The number of fused-ring (bicyclic) bond motifs is 1. The molecule has 1 aliphatic rings. The number of nitrogens with one attached hydrogen (secondary N) is 1. The molecule has 3 aromatic rings. The SMILES string of the molecule is CCN1C(=O)C(C)(C(=O)Nc2cnn(Cc3ccc(F)cc3)c2)Oc2ccccc21. The maximum absolute atomic E-state index is 13.1. The fraction of sp³-hybridized carbons (Fsp3) is 0.227. The summed E-state index contributed by atoms with van der Waals surface area (Å²) in [6.07, 6.45) is 3.13. The molecule has 2 heterocycles. The molecule has 2 aromatic carbocycles. The zero-order chi connectivity index (χ0) is 21.3. The van der Waals surface area contributed by atoms with Gasteiger partial charge in [-0.15, -0.1) is 0 Å². The smallest absolute Gasteiger partial charge is 0.280 e. The first kappa shape index (κ1) is 19.6. The summed E-state index contributed by atoms with van der Waals surface area (Å²) in [5.74, 6) is -0.842. The number of para-hydroxylation sites is 2. The maximum atomic E-state index is 13.1. The van der Waals surface area contributed by atoms with Gasteiger partial charge in [0.1, 0.15) is 11.6 Å². The minimum atomic E-state index is -1.70. The number of hydrogen-bond acceptors (Lipinski definition) is 4. The summed E-state index contributed by atoms with van der Waals surface area (Å²) in [4.78, 5) is 27.6. The van der Waals surface area contributed by atoms with Crippen LogP contribution in [0.5, 0.6) is 5.75 Å². The standard InChI is InChI=1S/C22H21FN4O3/c1-3-27-18-6-4-5-7-19(18)30-22(2,21(27)29)20(28)25-17-12-24-26(14-17)13-15-8-10-16(23)11-9-15/h4-12,14H,3,13H2,1-2H3,(H,25,28). The summed E-state index contributed by atoms with van der Waals surface area (Å²) < 4.78 is 20.5. The van der Waals surface area contributed by atoms with E-state index in [-0.39, 0.29) is 5.82 Å². The highest BCUT2D eigenvalue weighted by atomic mass is 19.1. The number of hydrogen-bond donors (Lipinski definition) is 1. The number of carbonyl (C=O) groups excluding carboxylic acids is 2. The number of nitrogens with zero attached hydrogens (tertiary/aromatic N) is 3. The van der Waals surface area contributed by atoms with Gasteiger partial charge in [-0.1, -0.05) is 24.3 Å². The molecular weight excluding hydrogens is 387 g/mol. The summed E-state index contributed by atoms with van der Waals surface area (Å²) in [5, 5.41) is 6.93. The molecule has 8 heteroatoms. The van der Waals surface area contributed by atoms with Crippen molar-refractivity contribution in [2.75, 3.05) is 16.8 Å². The van der Waals surface area contributed by atoms with Crippen LogP contribution in [0.4, 0.5) is 15.8 Å². The van der Waals surface area contributed by atoms with Crippen LogP contribution in [0.3, 0.4) is 0 Å². The van der Waals surface area contributed by atoms with Crippen LogP contribution < -0.4 is 15.0 Å². The van der Waals surface area contributed by atoms with Crippen LogP contribution in [0, 0.1) is 5.82 Å². The van der Waals surface area contributed by atoms with Crippen molar-refractivity contribution in [3.05, 3.63) is 72.3 Å². The molecule has 4 rings (SSSR count). The summed E-state index contributed by atoms with van der Waals surface area (Å²) in [6.45, 7) is 4.14. The van der Waals surface area contributed by atoms with E-state index < -0.39 is 17.4 Å². The average Bonchev–Trinajstić information content (AvgIpc) is 3.17. The second-order valence-electron chi connectivity index (χ2n) is 7.16. The Bertz CT molecular complexity index is 1100. The van der Waals surface area contributed by atoms with Gasteiger partial charge in [-0.25, -0.2) is 4.39 Å². The van der Waals surface area contributed by atoms with Crippen LogP contribution in [-0.4, -0.2) is 33.7 Å². The Labute approximate surface area is 173 Å². The molecule has 0 aliphatic carbocycles. The zero-order valence-corrected chi connectivity index (χ0v) is 16.6. The third-order valence-corrected chi connectivity index (χ3v) is 5.02. The summed E-state index contributed by atoms with van der Waals surface area (Å²) >= 11 is 0. The number of ether oxygens (including phenoxy) is 1. The fourth-order valence-corrected chi connectivity index (χ4v) is 3.40. The number of rotatable bonds is 5. The highest BCUT2D eigenvalue weighted by Gasteiger charge is 2.50. The highest BCUT2D eigenvalue weighted by Crippen LogP contribution is 2.37. The summed E-state index contributed by atoms with van der Waals surface area (Å²) in [5.41, 5.74) is 0.234. The van der Waals surface area contributed by atoms with Crippen molar-refractivity contribution in [2.45, 2.75) is 26.0 Å². The topological polar surface area (TPSA) is 76.5 Å². The van der Waals surface area contributed by atoms with Gasteiger partial charge >= 0.3 is 0 Å². The predicted octanol–water partition coefficient (Wildman–Crippen LogP) is 3.21. The molecule has 2 amide bonds. The van der Waals surface area contributed by atoms with Crippen molar-refractivity contribution >= 4 is 23.2 Å². The Morgan fingerprint density at radius 1 is 1.20 bits per heavy atom. The Morgan fingerprint density at radius 3 is 2.67 bits per heavy atom. The third-order valence-electron chi connectivity index (χ3n) is 5.02. The number of likely N-dealkylation sites (N-methyl/N-ethyl adjacent to an activating group) is 1. The first-order chi connectivity index (χ1) is 14.4. The quantitative estimate of drug-likeness (QED) is 0.658. The highest BCUT2D eigenvalue weighted by molar-refractivity contribution is 6.19. The molecular formula is C22H21FN4O3. The van der Waals surface area contributed by atoms with Crippen molar-refractivity contribution in [1.29, 1.82) is 0 Å². The lowest BCUT2D eigenvalue weighted by molar-refractivity contribution is -0.145. The van der Waals surface area contributed by atoms with Gasteiger partial charge < -0.3 is 15.0 Å². The van der Waals surface area contributed by atoms with E-state index >= 15 is 0 Å². The molecule has 1 N–H and O–H groups in total. The van der Waals surface area contributed by atoms with Gasteiger partial charge in [0.25, 0.3) is 17.4 Å². The Morgan fingerprint density at radius 2 is 1.93 bits per heavy atom. The number of anilines is 2. The van der Waals surface area contributed by atoms with Crippen LogP contribution in [0.15, 0.2) is 60.9 Å². The lowest BCUT2D eigenvalue weighted by Gasteiger charge is -2.39.